The molecule has 0 aromatic carbocycles. The van der Waals surface area contributed by atoms with Gasteiger partial charge in [0.2, 0.25) is 0 Å². The van der Waals surface area contributed by atoms with Crippen molar-refractivity contribution in [2.75, 3.05) is 0 Å². The molecular formula is C12H13ClF3NO. The average molecular weight is 280 g/mol. The number of nitrogens with zero attached hydrogens (tertiary/aromatic N) is 1. The molecular weight excluding hydrogens is 267 g/mol. The molecule has 100 valence electrons. The molecule has 0 amide bonds. The van der Waals surface area contributed by atoms with Crippen molar-refractivity contribution in [1.82, 2.24) is 4.98 Å². The first-order valence-electron chi connectivity index (χ1n) is 5.54. The Hall–Kier alpha value is -0.810. The van der Waals surface area contributed by atoms with E-state index in [9.17, 15) is 18.3 Å². The number of aliphatic hydroxyl groups excluding tert-OH is 1. The van der Waals surface area contributed by atoms with Gasteiger partial charge < -0.3 is 5.11 Å². The summed E-state index contributed by atoms with van der Waals surface area (Å²) in [5, 5.41) is 9.79. The molecule has 1 aliphatic rings. The van der Waals surface area contributed by atoms with Crippen molar-refractivity contribution in [2.45, 2.75) is 32.5 Å². The Balaban J connectivity index is 2.26. The van der Waals surface area contributed by atoms with Crippen molar-refractivity contribution < 1.29 is 18.3 Å². The van der Waals surface area contributed by atoms with E-state index in [-0.39, 0.29) is 22.0 Å². The van der Waals surface area contributed by atoms with Crippen LogP contribution in [0.15, 0.2) is 12.1 Å². The smallest absolute Gasteiger partial charge is 0.388 e. The maximum absolute atomic E-state index is 12.4. The summed E-state index contributed by atoms with van der Waals surface area (Å²) in [5.74, 6) is 0.0218. The zero-order valence-corrected chi connectivity index (χ0v) is 10.7. The van der Waals surface area contributed by atoms with E-state index in [1.807, 2.05) is 13.8 Å². The SMILES string of the molecule is CC1(C)CC1C(O)c1ccc(C(F)(F)F)nc1Cl. The lowest BCUT2D eigenvalue weighted by atomic mass is 10.0. The van der Waals surface area contributed by atoms with Crippen molar-refractivity contribution in [2.24, 2.45) is 11.3 Å². The summed E-state index contributed by atoms with van der Waals surface area (Å²) in [7, 11) is 0. The van der Waals surface area contributed by atoms with Crippen molar-refractivity contribution in [3.8, 4) is 0 Å². The fourth-order valence-electron chi connectivity index (χ4n) is 2.09. The van der Waals surface area contributed by atoms with Crippen molar-refractivity contribution in [3.05, 3.63) is 28.5 Å². The first-order valence-corrected chi connectivity index (χ1v) is 5.92. The highest BCUT2D eigenvalue weighted by Gasteiger charge is 2.50. The van der Waals surface area contributed by atoms with Crippen LogP contribution in [-0.2, 0) is 6.18 Å². The standard InChI is InChI=1S/C12H13ClF3NO/c1-11(2)5-7(11)9(18)6-3-4-8(12(14,15)16)17-10(6)13/h3-4,7,9,18H,5H2,1-2H3. The average Bonchev–Trinajstić information content (AvgIpc) is 2.85. The second-order valence-corrected chi connectivity index (χ2v) is 5.68. The molecule has 2 unspecified atom stereocenters. The maximum atomic E-state index is 12.4. The summed E-state index contributed by atoms with van der Waals surface area (Å²) in [6, 6.07) is 2.05. The van der Waals surface area contributed by atoms with Crippen molar-refractivity contribution in [3.63, 3.8) is 0 Å². The molecule has 1 aromatic rings. The number of halogens is 4. The fraction of sp³-hybridized carbons (Fsp3) is 0.583. The molecule has 0 saturated heterocycles. The van der Waals surface area contributed by atoms with Gasteiger partial charge in [-0.15, -0.1) is 0 Å². The van der Waals surface area contributed by atoms with E-state index in [1.165, 1.54) is 6.07 Å². The van der Waals surface area contributed by atoms with Crippen LogP contribution in [0, 0.1) is 11.3 Å². The molecule has 0 spiro atoms. The van der Waals surface area contributed by atoms with Gasteiger partial charge in [-0.2, -0.15) is 13.2 Å². The van der Waals surface area contributed by atoms with Crippen LogP contribution in [0.3, 0.4) is 0 Å². The van der Waals surface area contributed by atoms with Crippen LogP contribution >= 0.6 is 11.6 Å². The van der Waals surface area contributed by atoms with E-state index in [4.69, 9.17) is 11.6 Å². The van der Waals surface area contributed by atoms with E-state index in [2.05, 4.69) is 4.98 Å². The zero-order chi connectivity index (χ0) is 13.7. The normalized spacial score (nSPS) is 23.8. The summed E-state index contributed by atoms with van der Waals surface area (Å²) in [6.45, 7) is 3.98. The molecule has 2 atom stereocenters. The van der Waals surface area contributed by atoms with Crippen LogP contribution in [-0.4, -0.2) is 10.1 Å². The van der Waals surface area contributed by atoms with Gasteiger partial charge in [0.25, 0.3) is 0 Å². The van der Waals surface area contributed by atoms with Gasteiger partial charge in [0.15, 0.2) is 0 Å². The minimum atomic E-state index is -4.52. The summed E-state index contributed by atoms with van der Waals surface area (Å²) < 4.78 is 37.2. The summed E-state index contributed by atoms with van der Waals surface area (Å²) >= 11 is 5.72. The Bertz CT molecular complexity index is 473. The van der Waals surface area contributed by atoms with Crippen LogP contribution < -0.4 is 0 Å². The molecule has 2 rings (SSSR count). The van der Waals surface area contributed by atoms with Gasteiger partial charge in [-0.3, -0.25) is 0 Å². The van der Waals surface area contributed by atoms with Gasteiger partial charge in [-0.25, -0.2) is 4.98 Å². The summed E-state index contributed by atoms with van der Waals surface area (Å²) in [5.41, 5.74) is -0.774. The highest BCUT2D eigenvalue weighted by molar-refractivity contribution is 6.30. The van der Waals surface area contributed by atoms with Crippen LogP contribution in [0.25, 0.3) is 0 Å². The number of alkyl halides is 3. The Kier molecular flexibility index (Phi) is 3.10. The number of pyridine rings is 1. The fourth-order valence-corrected chi connectivity index (χ4v) is 2.35. The number of rotatable bonds is 2. The van der Waals surface area contributed by atoms with Crippen LogP contribution in [0.4, 0.5) is 13.2 Å². The molecule has 2 nitrogen and oxygen atoms in total. The van der Waals surface area contributed by atoms with Gasteiger partial charge in [0.05, 0.1) is 6.10 Å². The van der Waals surface area contributed by atoms with Gasteiger partial charge in [0.1, 0.15) is 10.8 Å². The van der Waals surface area contributed by atoms with E-state index in [1.54, 1.807) is 0 Å². The molecule has 1 aromatic heterocycles. The Morgan fingerprint density at radius 1 is 1.44 bits per heavy atom. The third-order valence-corrected chi connectivity index (χ3v) is 3.76. The summed E-state index contributed by atoms with van der Waals surface area (Å²) in [6.07, 6.45) is -4.56. The number of hydrogen-bond donors (Lipinski definition) is 1. The van der Waals surface area contributed by atoms with Crippen LogP contribution in [0.2, 0.25) is 5.15 Å². The van der Waals surface area contributed by atoms with Crippen LogP contribution in [0.1, 0.15) is 37.6 Å². The lowest BCUT2D eigenvalue weighted by Crippen LogP contribution is -2.11. The second-order valence-electron chi connectivity index (χ2n) is 5.32. The molecule has 1 heterocycles. The topological polar surface area (TPSA) is 33.1 Å². The molecule has 18 heavy (non-hydrogen) atoms. The largest absolute Gasteiger partial charge is 0.433 e. The molecule has 1 saturated carbocycles. The molecule has 6 heteroatoms. The highest BCUT2D eigenvalue weighted by Crippen LogP contribution is 2.58. The minimum absolute atomic E-state index is 0.00540. The van der Waals surface area contributed by atoms with Crippen molar-refractivity contribution >= 4 is 11.6 Å². The Morgan fingerprint density at radius 2 is 2.00 bits per heavy atom. The van der Waals surface area contributed by atoms with E-state index < -0.39 is 18.0 Å². The van der Waals surface area contributed by atoms with E-state index in [0.717, 1.165) is 12.5 Å². The Labute approximate surface area is 108 Å². The van der Waals surface area contributed by atoms with Gasteiger partial charge >= 0.3 is 6.18 Å². The second kappa shape index (κ2) is 4.10. The predicted molar refractivity (Wildman–Crippen MR) is 61.1 cm³/mol. The van der Waals surface area contributed by atoms with Gasteiger partial charge in [0, 0.05) is 5.56 Å². The predicted octanol–water partition coefficient (Wildman–Crippen LogP) is 3.83. The van der Waals surface area contributed by atoms with Crippen molar-refractivity contribution in [1.29, 1.82) is 0 Å². The third kappa shape index (κ3) is 2.47. The number of aliphatic hydroxyl groups is 1. The number of hydrogen-bond acceptors (Lipinski definition) is 2. The summed E-state index contributed by atoms with van der Waals surface area (Å²) in [4.78, 5) is 3.30. The molecule has 1 aliphatic carbocycles. The van der Waals surface area contributed by atoms with E-state index in [0.29, 0.717) is 0 Å². The van der Waals surface area contributed by atoms with E-state index >= 15 is 0 Å². The lowest BCUT2D eigenvalue weighted by Gasteiger charge is -2.15. The molecule has 1 fully saturated rings. The monoisotopic (exact) mass is 279 g/mol. The van der Waals surface area contributed by atoms with Gasteiger partial charge in [-0.1, -0.05) is 31.5 Å². The first-order chi connectivity index (χ1) is 8.13. The minimum Gasteiger partial charge on any atom is -0.388 e. The zero-order valence-electron chi connectivity index (χ0n) is 9.92. The highest BCUT2D eigenvalue weighted by atomic mass is 35.5. The molecule has 0 bridgehead atoms. The number of aromatic nitrogens is 1. The molecule has 1 N–H and O–H groups in total. The molecule has 0 aliphatic heterocycles. The molecule has 0 radical (unpaired) electrons. The lowest BCUT2D eigenvalue weighted by molar-refractivity contribution is -0.141. The quantitative estimate of drug-likeness (QED) is 0.835. The first kappa shape index (κ1) is 13.6. The maximum Gasteiger partial charge on any atom is 0.433 e. The Morgan fingerprint density at radius 3 is 2.39 bits per heavy atom. The third-order valence-electron chi connectivity index (χ3n) is 3.46. The van der Waals surface area contributed by atoms with Gasteiger partial charge in [-0.05, 0) is 23.8 Å². The van der Waals surface area contributed by atoms with Crippen LogP contribution in [0.5, 0.6) is 0 Å².